The molecular formula is C13H22ClN3O3S. The summed E-state index contributed by atoms with van der Waals surface area (Å²) in [5.41, 5.74) is 6.46. The standard InChI is InChI=1S/C13H21N3O3S.ClH/c1-10-4-6-12(7-5-10)20(18,19)15-8-9-16(3)13(17)11(2)14;/h4-7,11,15H,8-9,14H2,1-3H3;1H/t11-;/m1./s1. The lowest BCUT2D eigenvalue weighted by atomic mass is 10.2. The summed E-state index contributed by atoms with van der Waals surface area (Å²) in [4.78, 5) is 13.1. The number of nitrogens with two attached hydrogens (primary N) is 1. The molecule has 0 aliphatic heterocycles. The first kappa shape index (κ1) is 19.9. The van der Waals surface area contributed by atoms with Gasteiger partial charge in [0.15, 0.2) is 0 Å². The Balaban J connectivity index is 0.00000400. The molecule has 8 heteroatoms. The summed E-state index contributed by atoms with van der Waals surface area (Å²) < 4.78 is 26.4. The van der Waals surface area contributed by atoms with Crippen molar-refractivity contribution >= 4 is 28.3 Å². The number of nitrogens with one attached hydrogen (secondary N) is 1. The number of carbonyl (C=O) groups excluding carboxylic acids is 1. The molecule has 0 unspecified atom stereocenters. The maximum absolute atomic E-state index is 12.0. The van der Waals surface area contributed by atoms with Gasteiger partial charge in [0.05, 0.1) is 10.9 Å². The summed E-state index contributed by atoms with van der Waals surface area (Å²) in [5.74, 6) is -0.223. The van der Waals surface area contributed by atoms with E-state index in [1.807, 2.05) is 6.92 Å². The number of aryl methyl sites for hydroxylation is 1. The summed E-state index contributed by atoms with van der Waals surface area (Å²) in [6.45, 7) is 3.89. The van der Waals surface area contributed by atoms with Crippen LogP contribution in [0, 0.1) is 6.92 Å². The lowest BCUT2D eigenvalue weighted by Gasteiger charge is -2.19. The van der Waals surface area contributed by atoms with Gasteiger partial charge in [-0.3, -0.25) is 4.79 Å². The van der Waals surface area contributed by atoms with Gasteiger partial charge in [-0.2, -0.15) is 0 Å². The molecule has 0 fully saturated rings. The first-order chi connectivity index (χ1) is 9.24. The normalized spacial score (nSPS) is 12.4. The van der Waals surface area contributed by atoms with Crippen molar-refractivity contribution in [3.05, 3.63) is 29.8 Å². The highest BCUT2D eigenvalue weighted by molar-refractivity contribution is 7.89. The van der Waals surface area contributed by atoms with Crippen molar-refractivity contribution in [1.29, 1.82) is 0 Å². The van der Waals surface area contributed by atoms with Crippen LogP contribution < -0.4 is 10.5 Å². The topological polar surface area (TPSA) is 92.5 Å². The second-order valence-corrected chi connectivity index (χ2v) is 6.53. The van der Waals surface area contributed by atoms with E-state index in [9.17, 15) is 13.2 Å². The van der Waals surface area contributed by atoms with E-state index in [1.54, 1.807) is 38.2 Å². The molecule has 1 amide bonds. The second kappa shape index (κ2) is 8.33. The molecular weight excluding hydrogens is 314 g/mol. The largest absolute Gasteiger partial charge is 0.343 e. The number of halogens is 1. The zero-order valence-corrected chi connectivity index (χ0v) is 14.0. The fourth-order valence-electron chi connectivity index (χ4n) is 1.61. The van der Waals surface area contributed by atoms with Crippen LogP contribution in [0.1, 0.15) is 12.5 Å². The van der Waals surface area contributed by atoms with Crippen LogP contribution in [0.25, 0.3) is 0 Å². The van der Waals surface area contributed by atoms with Crippen molar-refractivity contribution in [1.82, 2.24) is 9.62 Å². The highest BCUT2D eigenvalue weighted by atomic mass is 35.5. The monoisotopic (exact) mass is 335 g/mol. The Bertz CT molecular complexity index is 559. The maximum Gasteiger partial charge on any atom is 0.240 e. The van der Waals surface area contributed by atoms with Gasteiger partial charge in [-0.05, 0) is 26.0 Å². The highest BCUT2D eigenvalue weighted by Gasteiger charge is 2.16. The van der Waals surface area contributed by atoms with Gasteiger partial charge in [0.2, 0.25) is 15.9 Å². The Labute approximate surface area is 132 Å². The molecule has 6 nitrogen and oxygen atoms in total. The molecule has 0 aliphatic rings. The third-order valence-corrected chi connectivity index (χ3v) is 4.31. The fraction of sp³-hybridized carbons (Fsp3) is 0.462. The molecule has 0 bridgehead atoms. The van der Waals surface area contributed by atoms with E-state index in [-0.39, 0.29) is 36.3 Å². The molecule has 0 spiro atoms. The predicted octanol–water partition coefficient (Wildman–Crippen LogP) is 0.501. The summed E-state index contributed by atoms with van der Waals surface area (Å²) in [7, 11) is -1.95. The molecule has 0 heterocycles. The Morgan fingerprint density at radius 2 is 1.86 bits per heavy atom. The number of hydrogen-bond acceptors (Lipinski definition) is 4. The SMILES string of the molecule is Cc1ccc(S(=O)(=O)NCCN(C)C(=O)[C@@H](C)N)cc1.Cl. The first-order valence-electron chi connectivity index (χ1n) is 6.31. The van der Waals surface area contributed by atoms with Gasteiger partial charge in [-0.1, -0.05) is 17.7 Å². The molecule has 0 aliphatic carbocycles. The zero-order chi connectivity index (χ0) is 15.3. The molecule has 0 saturated carbocycles. The summed E-state index contributed by atoms with van der Waals surface area (Å²) >= 11 is 0. The predicted molar refractivity (Wildman–Crippen MR) is 84.9 cm³/mol. The third-order valence-electron chi connectivity index (χ3n) is 2.84. The van der Waals surface area contributed by atoms with Crippen molar-refractivity contribution in [2.45, 2.75) is 24.8 Å². The van der Waals surface area contributed by atoms with Gasteiger partial charge in [0.1, 0.15) is 0 Å². The van der Waals surface area contributed by atoms with Gasteiger partial charge >= 0.3 is 0 Å². The van der Waals surface area contributed by atoms with Crippen molar-refractivity contribution < 1.29 is 13.2 Å². The van der Waals surface area contributed by atoms with E-state index in [0.717, 1.165) is 5.56 Å². The Morgan fingerprint density at radius 3 is 2.33 bits per heavy atom. The lowest BCUT2D eigenvalue weighted by Crippen LogP contribution is -2.43. The fourth-order valence-corrected chi connectivity index (χ4v) is 2.63. The second-order valence-electron chi connectivity index (χ2n) is 4.76. The number of rotatable bonds is 6. The molecule has 120 valence electrons. The number of benzene rings is 1. The molecule has 21 heavy (non-hydrogen) atoms. The number of nitrogens with zero attached hydrogens (tertiary/aromatic N) is 1. The average molecular weight is 336 g/mol. The van der Waals surface area contributed by atoms with Crippen molar-refractivity contribution in [2.75, 3.05) is 20.1 Å². The number of likely N-dealkylation sites (N-methyl/N-ethyl adjacent to an activating group) is 1. The minimum atomic E-state index is -3.54. The van der Waals surface area contributed by atoms with Crippen molar-refractivity contribution in [3.63, 3.8) is 0 Å². The van der Waals surface area contributed by atoms with E-state index >= 15 is 0 Å². The van der Waals surface area contributed by atoms with E-state index in [0.29, 0.717) is 0 Å². The third kappa shape index (κ3) is 6.01. The van der Waals surface area contributed by atoms with Crippen LogP contribution in [-0.2, 0) is 14.8 Å². The van der Waals surface area contributed by atoms with Gasteiger partial charge in [0, 0.05) is 20.1 Å². The lowest BCUT2D eigenvalue weighted by molar-refractivity contribution is -0.130. The quantitative estimate of drug-likeness (QED) is 0.791. The first-order valence-corrected chi connectivity index (χ1v) is 7.79. The summed E-state index contributed by atoms with van der Waals surface area (Å²) in [6.07, 6.45) is 0. The van der Waals surface area contributed by atoms with Crippen LogP contribution in [-0.4, -0.2) is 45.4 Å². The number of amides is 1. The maximum atomic E-state index is 12.0. The van der Waals surface area contributed by atoms with Crippen LogP contribution in [0.4, 0.5) is 0 Å². The molecule has 1 aromatic carbocycles. The molecule has 0 saturated heterocycles. The van der Waals surface area contributed by atoms with Crippen LogP contribution in [0.15, 0.2) is 29.2 Å². The zero-order valence-electron chi connectivity index (χ0n) is 12.4. The molecule has 1 atom stereocenters. The highest BCUT2D eigenvalue weighted by Crippen LogP contribution is 2.09. The molecule has 0 aromatic heterocycles. The smallest absolute Gasteiger partial charge is 0.240 e. The van der Waals surface area contributed by atoms with E-state index in [1.165, 1.54) is 4.90 Å². The average Bonchev–Trinajstić information content (AvgIpc) is 2.37. The van der Waals surface area contributed by atoms with Crippen LogP contribution in [0.2, 0.25) is 0 Å². The molecule has 1 rings (SSSR count). The molecule has 3 N–H and O–H groups in total. The summed E-state index contributed by atoms with van der Waals surface area (Å²) in [6, 6.07) is 5.98. The number of carbonyl (C=O) groups is 1. The number of sulfonamides is 1. The minimum Gasteiger partial charge on any atom is -0.343 e. The van der Waals surface area contributed by atoms with Gasteiger partial charge < -0.3 is 10.6 Å². The van der Waals surface area contributed by atoms with Crippen LogP contribution in [0.3, 0.4) is 0 Å². The number of hydrogen-bond donors (Lipinski definition) is 2. The summed E-state index contributed by atoms with van der Waals surface area (Å²) in [5, 5.41) is 0. The van der Waals surface area contributed by atoms with E-state index in [2.05, 4.69) is 4.72 Å². The van der Waals surface area contributed by atoms with Crippen LogP contribution in [0.5, 0.6) is 0 Å². The molecule has 0 radical (unpaired) electrons. The Hall–Kier alpha value is -1.15. The Kier molecular flexibility index (Phi) is 7.87. The minimum absolute atomic E-state index is 0. The van der Waals surface area contributed by atoms with E-state index in [4.69, 9.17) is 5.73 Å². The van der Waals surface area contributed by atoms with Gasteiger partial charge in [0.25, 0.3) is 0 Å². The van der Waals surface area contributed by atoms with Crippen LogP contribution >= 0.6 is 12.4 Å². The van der Waals surface area contributed by atoms with E-state index < -0.39 is 16.1 Å². The van der Waals surface area contributed by atoms with Gasteiger partial charge in [-0.25, -0.2) is 13.1 Å². The molecule has 1 aromatic rings. The van der Waals surface area contributed by atoms with Gasteiger partial charge in [-0.15, -0.1) is 12.4 Å². The van der Waals surface area contributed by atoms with Crippen molar-refractivity contribution in [3.8, 4) is 0 Å². The van der Waals surface area contributed by atoms with Crippen molar-refractivity contribution in [2.24, 2.45) is 5.73 Å². The Morgan fingerprint density at radius 1 is 1.33 bits per heavy atom.